The summed E-state index contributed by atoms with van der Waals surface area (Å²) in [7, 11) is -1.85. The fourth-order valence-electron chi connectivity index (χ4n) is 2.40. The van der Waals surface area contributed by atoms with Gasteiger partial charge in [-0.2, -0.15) is 4.31 Å². The van der Waals surface area contributed by atoms with Crippen molar-refractivity contribution in [1.29, 1.82) is 0 Å². The molecule has 0 spiro atoms. The molecule has 1 unspecified atom stereocenters. The Morgan fingerprint density at radius 1 is 1.35 bits per heavy atom. The summed E-state index contributed by atoms with van der Waals surface area (Å²) in [6, 6.07) is 6.36. The summed E-state index contributed by atoms with van der Waals surface area (Å²) in [6.07, 6.45) is 0.841. The van der Waals surface area contributed by atoms with E-state index in [2.05, 4.69) is 0 Å². The Balaban J connectivity index is 2.27. The lowest BCUT2D eigenvalue weighted by molar-refractivity contribution is 0.0728. The van der Waals surface area contributed by atoms with Gasteiger partial charge in [0.2, 0.25) is 10.0 Å². The molecule has 1 atom stereocenters. The maximum atomic E-state index is 12.7. The molecule has 0 radical (unpaired) electrons. The minimum absolute atomic E-state index is 0.0991. The van der Waals surface area contributed by atoms with Crippen molar-refractivity contribution >= 4 is 15.9 Å². The average molecular weight is 340 g/mol. The first-order valence-corrected chi connectivity index (χ1v) is 9.27. The van der Waals surface area contributed by atoms with Crippen molar-refractivity contribution in [3.63, 3.8) is 0 Å². The van der Waals surface area contributed by atoms with Crippen molar-refractivity contribution in [2.45, 2.75) is 31.2 Å². The summed E-state index contributed by atoms with van der Waals surface area (Å²) in [6.45, 7) is 5.45. The van der Waals surface area contributed by atoms with Gasteiger partial charge in [0.25, 0.3) is 5.91 Å². The van der Waals surface area contributed by atoms with Crippen LogP contribution < -0.4 is 0 Å². The van der Waals surface area contributed by atoms with Gasteiger partial charge in [-0.05, 0) is 31.5 Å². The molecule has 0 aromatic heterocycles. The lowest BCUT2D eigenvalue weighted by atomic mass is 10.1. The zero-order chi connectivity index (χ0) is 17.0. The van der Waals surface area contributed by atoms with E-state index in [1.807, 2.05) is 13.8 Å². The summed E-state index contributed by atoms with van der Waals surface area (Å²) in [5, 5.41) is 0. The highest BCUT2D eigenvalue weighted by Crippen LogP contribution is 2.19. The molecule has 1 saturated heterocycles. The summed E-state index contributed by atoms with van der Waals surface area (Å²) >= 11 is 0. The minimum atomic E-state index is -3.59. The second-order valence-electron chi connectivity index (χ2n) is 5.72. The molecule has 1 aromatic rings. The van der Waals surface area contributed by atoms with Crippen LogP contribution in [0.3, 0.4) is 0 Å². The van der Waals surface area contributed by atoms with E-state index in [4.69, 9.17) is 4.74 Å². The first kappa shape index (κ1) is 17.9. The lowest BCUT2D eigenvalue weighted by Crippen LogP contribution is -2.40. The van der Waals surface area contributed by atoms with Crippen molar-refractivity contribution in [3.05, 3.63) is 29.8 Å². The van der Waals surface area contributed by atoms with Gasteiger partial charge < -0.3 is 9.64 Å². The van der Waals surface area contributed by atoms with Crippen LogP contribution in [0.4, 0.5) is 0 Å². The molecule has 0 saturated carbocycles. The predicted molar refractivity (Wildman–Crippen MR) is 87.9 cm³/mol. The van der Waals surface area contributed by atoms with Crippen molar-refractivity contribution in [2.75, 3.05) is 33.4 Å². The molecule has 1 amide bonds. The maximum Gasteiger partial charge on any atom is 0.253 e. The number of rotatable bonds is 5. The van der Waals surface area contributed by atoms with E-state index in [1.165, 1.54) is 16.4 Å². The third-order valence-electron chi connectivity index (χ3n) is 4.26. The third-order valence-corrected chi connectivity index (χ3v) is 6.16. The lowest BCUT2D eigenvalue weighted by Gasteiger charge is -2.27. The Kier molecular flexibility index (Phi) is 5.78. The van der Waals surface area contributed by atoms with Crippen LogP contribution in [0.1, 0.15) is 30.6 Å². The number of carbonyl (C=O) groups excluding carboxylic acids is 1. The molecule has 1 fully saturated rings. The number of carbonyl (C=O) groups is 1. The van der Waals surface area contributed by atoms with Gasteiger partial charge in [-0.25, -0.2) is 8.42 Å². The first-order valence-electron chi connectivity index (χ1n) is 7.83. The summed E-state index contributed by atoms with van der Waals surface area (Å²) in [5.41, 5.74) is 0.391. The van der Waals surface area contributed by atoms with E-state index < -0.39 is 10.0 Å². The van der Waals surface area contributed by atoms with Crippen LogP contribution in [-0.2, 0) is 14.8 Å². The van der Waals surface area contributed by atoms with E-state index in [0.717, 1.165) is 6.42 Å². The van der Waals surface area contributed by atoms with Crippen LogP contribution in [0.5, 0.6) is 0 Å². The Labute approximate surface area is 138 Å². The Morgan fingerprint density at radius 2 is 2.00 bits per heavy atom. The van der Waals surface area contributed by atoms with Gasteiger partial charge in [0.15, 0.2) is 0 Å². The maximum absolute atomic E-state index is 12.7. The quantitative estimate of drug-likeness (QED) is 0.816. The average Bonchev–Trinajstić information content (AvgIpc) is 2.60. The van der Waals surface area contributed by atoms with E-state index in [1.54, 1.807) is 24.1 Å². The largest absolute Gasteiger partial charge is 0.379 e. The predicted octanol–water partition coefficient (Wildman–Crippen LogP) is 1.58. The monoisotopic (exact) mass is 340 g/mol. The second-order valence-corrected chi connectivity index (χ2v) is 7.66. The van der Waals surface area contributed by atoms with E-state index in [0.29, 0.717) is 31.9 Å². The second kappa shape index (κ2) is 7.42. The van der Waals surface area contributed by atoms with E-state index in [-0.39, 0.29) is 16.8 Å². The number of ether oxygens (including phenoxy) is 1. The van der Waals surface area contributed by atoms with E-state index >= 15 is 0 Å². The number of hydrogen-bond donors (Lipinski definition) is 0. The molecule has 0 N–H and O–H groups in total. The molecule has 1 aliphatic heterocycles. The molecule has 6 nitrogen and oxygen atoms in total. The van der Waals surface area contributed by atoms with Crippen LogP contribution in [0.15, 0.2) is 29.2 Å². The fraction of sp³-hybridized carbons (Fsp3) is 0.562. The van der Waals surface area contributed by atoms with Gasteiger partial charge in [-0.1, -0.05) is 13.0 Å². The highest BCUT2D eigenvalue weighted by Gasteiger charge is 2.27. The van der Waals surface area contributed by atoms with Gasteiger partial charge in [0.05, 0.1) is 18.1 Å². The fourth-order valence-corrected chi connectivity index (χ4v) is 3.86. The minimum Gasteiger partial charge on any atom is -0.379 e. The molecule has 1 aliphatic rings. The van der Waals surface area contributed by atoms with Gasteiger partial charge in [0, 0.05) is 31.7 Å². The Morgan fingerprint density at radius 3 is 2.61 bits per heavy atom. The van der Waals surface area contributed by atoms with E-state index in [9.17, 15) is 13.2 Å². The van der Waals surface area contributed by atoms with Gasteiger partial charge in [-0.15, -0.1) is 0 Å². The number of amides is 1. The standard InChI is InChI=1S/C16H24N2O4S/c1-4-13(2)17(3)16(19)14-6-5-7-15(12-14)23(20,21)18-8-10-22-11-9-18/h5-7,12-13H,4,8-11H2,1-3H3. The SMILES string of the molecule is CCC(C)N(C)C(=O)c1cccc(S(=O)(=O)N2CCOCC2)c1. The summed E-state index contributed by atoms with van der Waals surface area (Å²) in [5.74, 6) is -0.168. The van der Waals surface area contributed by atoms with Crippen LogP contribution >= 0.6 is 0 Å². The molecule has 1 heterocycles. The molecule has 128 valence electrons. The van der Waals surface area contributed by atoms with Crippen molar-refractivity contribution < 1.29 is 17.9 Å². The Bertz CT molecular complexity index is 654. The van der Waals surface area contributed by atoms with Crippen LogP contribution in [0, 0.1) is 0 Å². The van der Waals surface area contributed by atoms with Crippen LogP contribution in [0.2, 0.25) is 0 Å². The van der Waals surface area contributed by atoms with Gasteiger partial charge in [0.1, 0.15) is 0 Å². The van der Waals surface area contributed by atoms with Crippen molar-refractivity contribution in [1.82, 2.24) is 9.21 Å². The highest BCUT2D eigenvalue weighted by molar-refractivity contribution is 7.89. The summed E-state index contributed by atoms with van der Waals surface area (Å²) < 4.78 is 31.9. The molecule has 7 heteroatoms. The number of nitrogens with zero attached hydrogens (tertiary/aromatic N) is 2. The number of sulfonamides is 1. The first-order chi connectivity index (χ1) is 10.9. The Hall–Kier alpha value is -1.44. The molecule has 0 bridgehead atoms. The topological polar surface area (TPSA) is 66.9 Å². The molecule has 1 aromatic carbocycles. The smallest absolute Gasteiger partial charge is 0.253 e. The molecular formula is C16H24N2O4S. The van der Waals surface area contributed by atoms with Crippen molar-refractivity contribution in [2.24, 2.45) is 0 Å². The zero-order valence-corrected chi connectivity index (χ0v) is 14.7. The van der Waals surface area contributed by atoms with Gasteiger partial charge in [-0.3, -0.25) is 4.79 Å². The van der Waals surface area contributed by atoms with Crippen LogP contribution in [0.25, 0.3) is 0 Å². The number of benzene rings is 1. The molecular weight excluding hydrogens is 316 g/mol. The van der Waals surface area contributed by atoms with Crippen molar-refractivity contribution in [3.8, 4) is 0 Å². The summed E-state index contributed by atoms with van der Waals surface area (Å²) in [4.78, 5) is 14.3. The molecule has 2 rings (SSSR count). The number of hydrogen-bond acceptors (Lipinski definition) is 4. The zero-order valence-electron chi connectivity index (χ0n) is 13.9. The highest BCUT2D eigenvalue weighted by atomic mass is 32.2. The normalized spacial score (nSPS) is 17.7. The van der Waals surface area contributed by atoms with Gasteiger partial charge >= 0.3 is 0 Å². The third kappa shape index (κ3) is 3.91. The molecule has 23 heavy (non-hydrogen) atoms. The van der Waals surface area contributed by atoms with Crippen LogP contribution in [-0.4, -0.2) is 62.9 Å². The molecule has 0 aliphatic carbocycles. The number of morpholine rings is 1.